The topological polar surface area (TPSA) is 81.4 Å². The molecular weight excluding hydrogens is 291 g/mol. The van der Waals surface area contributed by atoms with Crippen molar-refractivity contribution in [2.75, 3.05) is 13.1 Å². The summed E-state index contributed by atoms with van der Waals surface area (Å²) in [7, 11) is 0. The molecule has 0 saturated carbocycles. The number of carbonyl (C=O) groups excluding carboxylic acids is 1. The van der Waals surface area contributed by atoms with Gasteiger partial charge in [-0.05, 0) is 19.8 Å². The summed E-state index contributed by atoms with van der Waals surface area (Å²) in [6.45, 7) is 2.77. The normalized spacial score (nSPS) is 18.3. The van der Waals surface area contributed by atoms with Crippen LogP contribution in [0.5, 0.6) is 6.01 Å². The van der Waals surface area contributed by atoms with Gasteiger partial charge in [0.25, 0.3) is 5.91 Å². The molecule has 0 bridgehead atoms. The number of carbonyl (C=O) groups is 1. The first-order valence-corrected chi connectivity index (χ1v) is 6.98. The number of rotatable bonds is 3. The van der Waals surface area contributed by atoms with Crippen molar-refractivity contribution in [3.8, 4) is 6.01 Å². The molecule has 3 heterocycles. The van der Waals surface area contributed by atoms with Gasteiger partial charge in [0.15, 0.2) is 5.82 Å². The molecule has 22 heavy (non-hydrogen) atoms. The van der Waals surface area contributed by atoms with Crippen LogP contribution in [0.3, 0.4) is 0 Å². The molecule has 1 aliphatic rings. The SMILES string of the molecule is Cc1oncc1C(=O)N1CCCC(Oc2ncc(F)cn2)C1. The van der Waals surface area contributed by atoms with Crippen molar-refractivity contribution in [3.05, 3.63) is 35.7 Å². The van der Waals surface area contributed by atoms with Crippen molar-refractivity contribution in [3.63, 3.8) is 0 Å². The molecule has 1 saturated heterocycles. The second kappa shape index (κ2) is 6.08. The van der Waals surface area contributed by atoms with Crippen LogP contribution in [0.15, 0.2) is 23.1 Å². The fraction of sp³-hybridized carbons (Fsp3) is 0.429. The molecule has 1 atom stereocenters. The van der Waals surface area contributed by atoms with Gasteiger partial charge in [-0.3, -0.25) is 4.79 Å². The van der Waals surface area contributed by atoms with Gasteiger partial charge in [-0.2, -0.15) is 0 Å². The minimum atomic E-state index is -0.518. The Morgan fingerprint density at radius 1 is 1.41 bits per heavy atom. The van der Waals surface area contributed by atoms with Gasteiger partial charge < -0.3 is 14.2 Å². The smallest absolute Gasteiger partial charge is 0.316 e. The van der Waals surface area contributed by atoms with E-state index in [4.69, 9.17) is 9.26 Å². The van der Waals surface area contributed by atoms with Gasteiger partial charge in [0.1, 0.15) is 17.4 Å². The molecule has 1 fully saturated rings. The second-order valence-corrected chi connectivity index (χ2v) is 5.11. The van der Waals surface area contributed by atoms with Crippen molar-refractivity contribution >= 4 is 5.91 Å². The van der Waals surface area contributed by atoms with E-state index in [0.29, 0.717) is 24.4 Å². The Balaban J connectivity index is 1.65. The van der Waals surface area contributed by atoms with Crippen molar-refractivity contribution < 1.29 is 18.4 Å². The highest BCUT2D eigenvalue weighted by Gasteiger charge is 2.28. The van der Waals surface area contributed by atoms with E-state index >= 15 is 0 Å². The van der Waals surface area contributed by atoms with Gasteiger partial charge in [0.2, 0.25) is 0 Å². The van der Waals surface area contributed by atoms with E-state index in [1.165, 1.54) is 6.20 Å². The Morgan fingerprint density at radius 3 is 2.86 bits per heavy atom. The second-order valence-electron chi connectivity index (χ2n) is 5.11. The average molecular weight is 306 g/mol. The van der Waals surface area contributed by atoms with Gasteiger partial charge in [-0.1, -0.05) is 5.16 Å². The van der Waals surface area contributed by atoms with E-state index in [1.807, 2.05) is 0 Å². The molecule has 0 radical (unpaired) electrons. The van der Waals surface area contributed by atoms with Crippen LogP contribution in [0.4, 0.5) is 4.39 Å². The van der Waals surface area contributed by atoms with Crippen LogP contribution in [0, 0.1) is 12.7 Å². The molecule has 1 amide bonds. The Labute approximate surface area is 126 Å². The monoisotopic (exact) mass is 306 g/mol. The van der Waals surface area contributed by atoms with Crippen LogP contribution < -0.4 is 4.74 Å². The van der Waals surface area contributed by atoms with E-state index in [9.17, 15) is 9.18 Å². The third-order valence-electron chi connectivity index (χ3n) is 3.52. The molecule has 8 heteroatoms. The van der Waals surface area contributed by atoms with Gasteiger partial charge in [0, 0.05) is 6.54 Å². The fourth-order valence-corrected chi connectivity index (χ4v) is 2.40. The maximum atomic E-state index is 12.8. The predicted molar refractivity (Wildman–Crippen MR) is 72.8 cm³/mol. The first kappa shape index (κ1) is 14.4. The van der Waals surface area contributed by atoms with E-state index < -0.39 is 5.82 Å². The van der Waals surface area contributed by atoms with Crippen LogP contribution >= 0.6 is 0 Å². The molecule has 3 rings (SSSR count). The van der Waals surface area contributed by atoms with Crippen molar-refractivity contribution in [1.82, 2.24) is 20.0 Å². The minimum Gasteiger partial charge on any atom is -0.458 e. The minimum absolute atomic E-state index is 0.113. The Morgan fingerprint density at radius 2 is 2.18 bits per heavy atom. The van der Waals surface area contributed by atoms with Crippen molar-refractivity contribution in [2.45, 2.75) is 25.9 Å². The average Bonchev–Trinajstić information content (AvgIpc) is 2.95. The summed E-state index contributed by atoms with van der Waals surface area (Å²) in [4.78, 5) is 21.6. The summed E-state index contributed by atoms with van der Waals surface area (Å²) in [5.74, 6) is -0.155. The number of hydrogen-bond acceptors (Lipinski definition) is 6. The number of aromatic nitrogens is 3. The molecule has 0 N–H and O–H groups in total. The van der Waals surface area contributed by atoms with Crippen LogP contribution in [-0.2, 0) is 0 Å². The first-order valence-electron chi connectivity index (χ1n) is 6.98. The number of piperidine rings is 1. The largest absolute Gasteiger partial charge is 0.458 e. The van der Waals surface area contributed by atoms with Crippen molar-refractivity contribution in [2.24, 2.45) is 0 Å². The lowest BCUT2D eigenvalue weighted by atomic mass is 10.1. The number of ether oxygens (including phenoxy) is 1. The van der Waals surface area contributed by atoms with Crippen LogP contribution in [0.2, 0.25) is 0 Å². The van der Waals surface area contributed by atoms with Gasteiger partial charge in [0.05, 0.1) is 25.1 Å². The molecule has 2 aromatic rings. The Kier molecular flexibility index (Phi) is 3.99. The molecule has 2 aromatic heterocycles. The summed E-state index contributed by atoms with van der Waals surface area (Å²) in [5, 5.41) is 3.62. The quantitative estimate of drug-likeness (QED) is 0.856. The maximum Gasteiger partial charge on any atom is 0.316 e. The maximum absolute atomic E-state index is 12.8. The molecule has 0 aliphatic carbocycles. The van der Waals surface area contributed by atoms with E-state index in [0.717, 1.165) is 25.2 Å². The number of halogens is 1. The zero-order valence-corrected chi connectivity index (χ0v) is 12.0. The van der Waals surface area contributed by atoms with Crippen molar-refractivity contribution in [1.29, 1.82) is 0 Å². The summed E-state index contributed by atoms with van der Waals surface area (Å²) in [6, 6.07) is 0.113. The van der Waals surface area contributed by atoms with E-state index in [2.05, 4.69) is 15.1 Å². The highest BCUT2D eigenvalue weighted by Crippen LogP contribution is 2.18. The molecule has 0 spiro atoms. The molecule has 1 unspecified atom stereocenters. The standard InChI is InChI=1S/C14H15FN4O3/c1-9-12(7-18-22-9)13(20)19-4-2-3-11(8-19)21-14-16-5-10(15)6-17-14/h5-7,11H,2-4,8H2,1H3. The molecular formula is C14H15FN4O3. The third kappa shape index (κ3) is 3.05. The van der Waals surface area contributed by atoms with Crippen LogP contribution in [-0.4, -0.2) is 45.1 Å². The number of hydrogen-bond donors (Lipinski definition) is 0. The lowest BCUT2D eigenvalue weighted by Gasteiger charge is -2.32. The zero-order chi connectivity index (χ0) is 15.5. The third-order valence-corrected chi connectivity index (χ3v) is 3.52. The lowest BCUT2D eigenvalue weighted by Crippen LogP contribution is -2.44. The molecule has 7 nitrogen and oxygen atoms in total. The first-order chi connectivity index (χ1) is 10.6. The number of aryl methyl sites for hydroxylation is 1. The highest BCUT2D eigenvalue weighted by molar-refractivity contribution is 5.94. The van der Waals surface area contributed by atoms with Crippen LogP contribution in [0.1, 0.15) is 29.0 Å². The summed E-state index contributed by atoms with van der Waals surface area (Å²) >= 11 is 0. The van der Waals surface area contributed by atoms with Gasteiger partial charge in [-0.15, -0.1) is 0 Å². The molecule has 1 aliphatic heterocycles. The molecule has 116 valence electrons. The zero-order valence-electron chi connectivity index (χ0n) is 12.0. The number of nitrogens with zero attached hydrogens (tertiary/aromatic N) is 4. The Bertz CT molecular complexity index is 658. The summed E-state index contributed by atoms with van der Waals surface area (Å²) in [6.07, 6.45) is 4.90. The summed E-state index contributed by atoms with van der Waals surface area (Å²) in [5.41, 5.74) is 0.457. The molecule has 0 aromatic carbocycles. The van der Waals surface area contributed by atoms with Gasteiger partial charge in [-0.25, -0.2) is 14.4 Å². The van der Waals surface area contributed by atoms with Gasteiger partial charge >= 0.3 is 6.01 Å². The summed E-state index contributed by atoms with van der Waals surface area (Å²) < 4.78 is 23.3. The number of likely N-dealkylation sites (tertiary alicyclic amines) is 1. The Hall–Kier alpha value is -2.51. The number of amides is 1. The highest BCUT2D eigenvalue weighted by atomic mass is 19.1. The van der Waals surface area contributed by atoms with E-state index in [1.54, 1.807) is 11.8 Å². The predicted octanol–water partition coefficient (Wildman–Crippen LogP) is 1.60. The fourth-order valence-electron chi connectivity index (χ4n) is 2.40. The van der Waals surface area contributed by atoms with Crippen LogP contribution in [0.25, 0.3) is 0 Å². The van der Waals surface area contributed by atoms with E-state index in [-0.39, 0.29) is 18.0 Å². The lowest BCUT2D eigenvalue weighted by molar-refractivity contribution is 0.0513.